The molecule has 0 spiro atoms. The van der Waals surface area contributed by atoms with Crippen molar-refractivity contribution in [3.63, 3.8) is 0 Å². The van der Waals surface area contributed by atoms with Crippen LogP contribution in [0.25, 0.3) is 0 Å². The van der Waals surface area contributed by atoms with Gasteiger partial charge in [0.05, 0.1) is 12.1 Å². The van der Waals surface area contributed by atoms with Crippen LogP contribution in [0.2, 0.25) is 0 Å². The smallest absolute Gasteiger partial charge is 0.255 e. The molecule has 0 unspecified atom stereocenters. The normalized spacial score (nSPS) is 14.5. The molecular formula is C26H27N3O3. The number of amides is 2. The molecule has 3 aromatic carbocycles. The fourth-order valence-electron chi connectivity index (χ4n) is 3.78. The second-order valence-corrected chi connectivity index (χ2v) is 7.85. The molecule has 0 atom stereocenters. The van der Waals surface area contributed by atoms with E-state index in [-0.39, 0.29) is 17.9 Å². The zero-order valence-corrected chi connectivity index (χ0v) is 17.9. The Labute approximate surface area is 188 Å². The first kappa shape index (κ1) is 21.6. The lowest BCUT2D eigenvalue weighted by Gasteiger charge is -2.32. The number of nitrogens with one attached hydrogen (secondary N) is 2. The molecule has 1 aliphatic rings. The third kappa shape index (κ3) is 5.95. The molecule has 6 nitrogen and oxygen atoms in total. The van der Waals surface area contributed by atoms with Gasteiger partial charge in [0.1, 0.15) is 11.5 Å². The first-order chi connectivity index (χ1) is 15.7. The third-order valence-electron chi connectivity index (χ3n) is 5.45. The second-order valence-electron chi connectivity index (χ2n) is 7.85. The second kappa shape index (κ2) is 10.6. The van der Waals surface area contributed by atoms with Crippen LogP contribution >= 0.6 is 0 Å². The number of hydrogen-bond donors (Lipinski definition) is 2. The number of para-hydroxylation sites is 3. The molecule has 0 aliphatic carbocycles. The van der Waals surface area contributed by atoms with Crippen molar-refractivity contribution in [2.45, 2.75) is 18.9 Å². The highest BCUT2D eigenvalue weighted by Gasteiger charge is 2.23. The molecule has 164 valence electrons. The van der Waals surface area contributed by atoms with Crippen LogP contribution < -0.4 is 15.4 Å². The lowest BCUT2D eigenvalue weighted by Crippen LogP contribution is -2.46. The van der Waals surface area contributed by atoms with E-state index >= 15 is 0 Å². The minimum atomic E-state index is -0.142. The van der Waals surface area contributed by atoms with E-state index in [1.54, 1.807) is 12.1 Å². The van der Waals surface area contributed by atoms with E-state index in [0.29, 0.717) is 23.6 Å². The van der Waals surface area contributed by atoms with Crippen molar-refractivity contribution in [1.82, 2.24) is 10.2 Å². The average molecular weight is 430 g/mol. The summed E-state index contributed by atoms with van der Waals surface area (Å²) in [6.07, 6.45) is 1.60. The van der Waals surface area contributed by atoms with Crippen LogP contribution in [0.4, 0.5) is 5.69 Å². The van der Waals surface area contributed by atoms with Gasteiger partial charge in [0.15, 0.2) is 0 Å². The summed E-state index contributed by atoms with van der Waals surface area (Å²) in [6.45, 7) is 1.87. The summed E-state index contributed by atoms with van der Waals surface area (Å²) >= 11 is 0. The minimum absolute atomic E-state index is 0.0225. The lowest BCUT2D eigenvalue weighted by molar-refractivity contribution is -0.117. The Balaban J connectivity index is 1.27. The monoisotopic (exact) mass is 429 g/mol. The number of anilines is 1. The van der Waals surface area contributed by atoms with Gasteiger partial charge in [-0.15, -0.1) is 0 Å². The third-order valence-corrected chi connectivity index (χ3v) is 5.45. The Kier molecular flexibility index (Phi) is 7.15. The van der Waals surface area contributed by atoms with Gasteiger partial charge in [-0.25, -0.2) is 0 Å². The molecule has 1 aliphatic heterocycles. The quantitative estimate of drug-likeness (QED) is 0.587. The Bertz CT molecular complexity index is 1030. The number of rotatable bonds is 7. The Morgan fingerprint density at radius 2 is 1.47 bits per heavy atom. The predicted molar refractivity (Wildman–Crippen MR) is 125 cm³/mol. The van der Waals surface area contributed by atoms with Gasteiger partial charge < -0.3 is 15.4 Å². The number of carbonyl (C=O) groups is 2. The van der Waals surface area contributed by atoms with Gasteiger partial charge >= 0.3 is 0 Å². The zero-order chi connectivity index (χ0) is 22.2. The van der Waals surface area contributed by atoms with E-state index in [1.165, 1.54) is 0 Å². The number of hydrogen-bond acceptors (Lipinski definition) is 4. The van der Waals surface area contributed by atoms with Crippen LogP contribution in [0.1, 0.15) is 23.2 Å². The predicted octanol–water partition coefficient (Wildman–Crippen LogP) is 4.31. The molecule has 0 saturated carbocycles. The molecule has 1 saturated heterocycles. The maximum atomic E-state index is 12.9. The summed E-state index contributed by atoms with van der Waals surface area (Å²) < 4.78 is 5.92. The summed E-state index contributed by atoms with van der Waals surface area (Å²) in [6, 6.07) is 26.2. The molecule has 32 heavy (non-hydrogen) atoms. The van der Waals surface area contributed by atoms with E-state index in [9.17, 15) is 9.59 Å². The maximum Gasteiger partial charge on any atom is 0.255 e. The van der Waals surface area contributed by atoms with Gasteiger partial charge in [-0.2, -0.15) is 0 Å². The molecule has 0 aromatic heterocycles. The SMILES string of the molecule is O=C(CN1CCC(NC(=O)c2ccccc2Oc2ccccc2)CC1)Nc1ccccc1. The molecule has 2 amide bonds. The molecule has 4 rings (SSSR count). The van der Waals surface area contributed by atoms with Crippen molar-refractivity contribution in [2.24, 2.45) is 0 Å². The van der Waals surface area contributed by atoms with E-state index in [2.05, 4.69) is 15.5 Å². The maximum absolute atomic E-state index is 12.9. The van der Waals surface area contributed by atoms with Gasteiger partial charge in [0.2, 0.25) is 5.91 Å². The summed E-state index contributed by atoms with van der Waals surface area (Å²) in [5, 5.41) is 6.04. The lowest BCUT2D eigenvalue weighted by atomic mass is 10.0. The number of ether oxygens (including phenoxy) is 1. The molecule has 1 heterocycles. The molecule has 2 N–H and O–H groups in total. The van der Waals surface area contributed by atoms with Gasteiger partial charge in [-0.05, 0) is 49.2 Å². The number of likely N-dealkylation sites (tertiary alicyclic amines) is 1. The van der Waals surface area contributed by atoms with Gasteiger partial charge in [0, 0.05) is 24.8 Å². The van der Waals surface area contributed by atoms with Crippen molar-refractivity contribution >= 4 is 17.5 Å². The summed E-state index contributed by atoms with van der Waals surface area (Å²) in [5.41, 5.74) is 1.32. The van der Waals surface area contributed by atoms with Crippen molar-refractivity contribution < 1.29 is 14.3 Å². The number of benzene rings is 3. The van der Waals surface area contributed by atoms with Crippen molar-refractivity contribution in [3.05, 3.63) is 90.5 Å². The number of nitrogens with zero attached hydrogens (tertiary/aromatic N) is 1. The topological polar surface area (TPSA) is 70.7 Å². The Morgan fingerprint density at radius 1 is 0.844 bits per heavy atom. The molecular weight excluding hydrogens is 402 g/mol. The van der Waals surface area contributed by atoms with Gasteiger partial charge in [-0.1, -0.05) is 48.5 Å². The fraction of sp³-hybridized carbons (Fsp3) is 0.231. The highest BCUT2D eigenvalue weighted by Crippen LogP contribution is 2.25. The van der Waals surface area contributed by atoms with E-state index in [4.69, 9.17) is 4.74 Å². The standard InChI is InChI=1S/C26H27N3O3/c30-25(27-20-9-3-1-4-10-20)19-29-17-15-21(16-18-29)28-26(31)23-13-7-8-14-24(23)32-22-11-5-2-6-12-22/h1-14,21H,15-19H2,(H,27,30)(H,28,31). The number of piperidine rings is 1. The molecule has 6 heteroatoms. The van der Waals surface area contributed by atoms with Crippen LogP contribution in [0, 0.1) is 0 Å². The zero-order valence-electron chi connectivity index (χ0n) is 17.9. The summed E-state index contributed by atoms with van der Waals surface area (Å²) in [7, 11) is 0. The largest absolute Gasteiger partial charge is 0.457 e. The summed E-state index contributed by atoms with van der Waals surface area (Å²) in [5.74, 6) is 1.06. The van der Waals surface area contributed by atoms with Crippen molar-refractivity contribution in [3.8, 4) is 11.5 Å². The summed E-state index contributed by atoms with van der Waals surface area (Å²) in [4.78, 5) is 27.3. The molecule has 0 bridgehead atoms. The highest BCUT2D eigenvalue weighted by molar-refractivity contribution is 5.97. The van der Waals surface area contributed by atoms with Crippen LogP contribution in [0.3, 0.4) is 0 Å². The van der Waals surface area contributed by atoms with Crippen LogP contribution in [-0.4, -0.2) is 42.4 Å². The van der Waals surface area contributed by atoms with Crippen molar-refractivity contribution in [1.29, 1.82) is 0 Å². The van der Waals surface area contributed by atoms with Crippen LogP contribution in [-0.2, 0) is 4.79 Å². The Morgan fingerprint density at radius 3 is 2.19 bits per heavy atom. The molecule has 3 aromatic rings. The first-order valence-electron chi connectivity index (χ1n) is 10.9. The van der Waals surface area contributed by atoms with Gasteiger partial charge in [0.25, 0.3) is 5.91 Å². The van der Waals surface area contributed by atoms with E-state index < -0.39 is 0 Å². The van der Waals surface area contributed by atoms with E-state index in [0.717, 1.165) is 31.6 Å². The fourth-order valence-corrected chi connectivity index (χ4v) is 3.78. The van der Waals surface area contributed by atoms with E-state index in [1.807, 2.05) is 72.8 Å². The number of carbonyl (C=O) groups excluding carboxylic acids is 2. The van der Waals surface area contributed by atoms with Crippen LogP contribution in [0.5, 0.6) is 11.5 Å². The van der Waals surface area contributed by atoms with Crippen LogP contribution in [0.15, 0.2) is 84.9 Å². The first-order valence-corrected chi connectivity index (χ1v) is 10.9. The minimum Gasteiger partial charge on any atom is -0.457 e. The average Bonchev–Trinajstić information content (AvgIpc) is 2.82. The van der Waals surface area contributed by atoms with Gasteiger partial charge in [-0.3, -0.25) is 14.5 Å². The Hall–Kier alpha value is -3.64. The molecule has 0 radical (unpaired) electrons. The van der Waals surface area contributed by atoms with Crippen molar-refractivity contribution in [2.75, 3.05) is 25.0 Å². The highest BCUT2D eigenvalue weighted by atomic mass is 16.5. The molecule has 1 fully saturated rings.